The van der Waals surface area contributed by atoms with Crippen LogP contribution in [-0.4, -0.2) is 25.2 Å². The monoisotopic (exact) mass is 290 g/mol. The summed E-state index contributed by atoms with van der Waals surface area (Å²) in [6.45, 7) is 1.51. The molecule has 0 aliphatic carbocycles. The number of hydrogen-bond acceptors (Lipinski definition) is 5. The highest BCUT2D eigenvalue weighted by Crippen LogP contribution is 2.17. The number of fused-ring (bicyclic) bond motifs is 1. The minimum atomic E-state index is -0.756. The van der Waals surface area contributed by atoms with Crippen molar-refractivity contribution in [3.05, 3.63) is 40.8 Å². The quantitative estimate of drug-likeness (QED) is 0.659. The molecule has 0 fully saturated rings. The number of hydrogen-bond donors (Lipinski definition) is 2. The zero-order chi connectivity index (χ0) is 15.4. The number of carbonyl (C=O) groups is 2. The Bertz CT molecular complexity index is 737. The van der Waals surface area contributed by atoms with Crippen LogP contribution < -0.4 is 16.3 Å². The van der Waals surface area contributed by atoms with E-state index in [0.717, 1.165) is 0 Å². The molecule has 1 aromatic carbocycles. The molecule has 7 heteroatoms. The summed E-state index contributed by atoms with van der Waals surface area (Å²) >= 11 is 0. The van der Waals surface area contributed by atoms with Crippen molar-refractivity contribution in [2.24, 2.45) is 0 Å². The second-order valence-corrected chi connectivity index (χ2v) is 4.35. The van der Waals surface area contributed by atoms with Crippen LogP contribution in [0.15, 0.2) is 39.5 Å². The maximum absolute atomic E-state index is 11.7. The van der Waals surface area contributed by atoms with E-state index in [1.54, 1.807) is 24.3 Å². The van der Waals surface area contributed by atoms with Crippen molar-refractivity contribution in [2.75, 3.05) is 12.4 Å². The molecule has 0 saturated carbocycles. The summed E-state index contributed by atoms with van der Waals surface area (Å²) in [5, 5.41) is 5.69. The third kappa shape index (κ3) is 3.59. The molecule has 2 N–H and O–H groups in total. The van der Waals surface area contributed by atoms with Crippen LogP contribution >= 0.6 is 0 Å². The Morgan fingerprint density at radius 2 is 2.00 bits per heavy atom. The number of amides is 2. The van der Waals surface area contributed by atoms with Crippen LogP contribution in [0, 0.1) is 0 Å². The molecule has 0 radical (unpaired) electrons. The van der Waals surface area contributed by atoms with Crippen molar-refractivity contribution in [1.29, 1.82) is 0 Å². The lowest BCUT2D eigenvalue weighted by molar-refractivity contribution is -0.142. The van der Waals surface area contributed by atoms with Crippen LogP contribution in [0.4, 0.5) is 10.5 Å². The lowest BCUT2D eigenvalue weighted by Crippen LogP contribution is -2.41. The zero-order valence-corrected chi connectivity index (χ0v) is 11.5. The number of nitrogens with one attached hydrogen (secondary N) is 2. The van der Waals surface area contributed by atoms with Gasteiger partial charge in [-0.05, 0) is 31.2 Å². The van der Waals surface area contributed by atoms with Crippen molar-refractivity contribution >= 4 is 28.7 Å². The number of carbonyl (C=O) groups excluding carboxylic acids is 2. The van der Waals surface area contributed by atoms with Crippen LogP contribution in [0.25, 0.3) is 11.0 Å². The molecule has 2 rings (SSSR count). The SMILES string of the molecule is COC(=O)C(C)NC(=O)Nc1ccc2oc(=O)ccc2c1. The summed E-state index contributed by atoms with van der Waals surface area (Å²) in [7, 11) is 1.25. The standard InChI is InChI=1S/C14H14N2O5/c1-8(13(18)20-2)15-14(19)16-10-4-5-11-9(7-10)3-6-12(17)21-11/h3-8H,1-2H3,(H2,15,16,19). The number of anilines is 1. The first-order valence-electron chi connectivity index (χ1n) is 6.19. The highest BCUT2D eigenvalue weighted by molar-refractivity contribution is 5.94. The lowest BCUT2D eigenvalue weighted by Gasteiger charge is -2.12. The molecule has 21 heavy (non-hydrogen) atoms. The molecule has 0 aliphatic rings. The van der Waals surface area contributed by atoms with E-state index in [2.05, 4.69) is 15.4 Å². The van der Waals surface area contributed by atoms with E-state index in [1.807, 2.05) is 0 Å². The minimum Gasteiger partial charge on any atom is -0.467 e. The van der Waals surface area contributed by atoms with Gasteiger partial charge in [0.1, 0.15) is 11.6 Å². The van der Waals surface area contributed by atoms with Gasteiger partial charge in [-0.15, -0.1) is 0 Å². The Kier molecular flexibility index (Phi) is 4.22. The van der Waals surface area contributed by atoms with Crippen molar-refractivity contribution in [2.45, 2.75) is 13.0 Å². The van der Waals surface area contributed by atoms with Gasteiger partial charge in [-0.1, -0.05) is 0 Å². The van der Waals surface area contributed by atoms with E-state index in [0.29, 0.717) is 16.7 Å². The van der Waals surface area contributed by atoms with Gasteiger partial charge in [-0.2, -0.15) is 0 Å². The van der Waals surface area contributed by atoms with Crippen molar-refractivity contribution < 1.29 is 18.7 Å². The normalized spacial score (nSPS) is 11.7. The smallest absolute Gasteiger partial charge is 0.336 e. The predicted octanol–water partition coefficient (Wildman–Crippen LogP) is 1.48. The van der Waals surface area contributed by atoms with E-state index >= 15 is 0 Å². The van der Waals surface area contributed by atoms with Gasteiger partial charge < -0.3 is 19.8 Å². The second-order valence-electron chi connectivity index (χ2n) is 4.35. The molecule has 0 bridgehead atoms. The minimum absolute atomic E-state index is 0.427. The third-order valence-electron chi connectivity index (χ3n) is 2.78. The summed E-state index contributed by atoms with van der Waals surface area (Å²) < 4.78 is 9.50. The molecule has 110 valence electrons. The van der Waals surface area contributed by atoms with Gasteiger partial charge in [0, 0.05) is 17.1 Å². The summed E-state index contributed by atoms with van der Waals surface area (Å²) in [6.07, 6.45) is 0. The molecular weight excluding hydrogens is 276 g/mol. The van der Waals surface area contributed by atoms with E-state index in [4.69, 9.17) is 4.42 Å². The van der Waals surface area contributed by atoms with E-state index in [-0.39, 0.29) is 0 Å². The molecule has 1 heterocycles. The number of benzene rings is 1. The van der Waals surface area contributed by atoms with Gasteiger partial charge in [-0.3, -0.25) is 0 Å². The van der Waals surface area contributed by atoms with Crippen LogP contribution in [0.5, 0.6) is 0 Å². The highest BCUT2D eigenvalue weighted by atomic mass is 16.5. The van der Waals surface area contributed by atoms with Crippen LogP contribution in [-0.2, 0) is 9.53 Å². The fraction of sp³-hybridized carbons (Fsp3) is 0.214. The van der Waals surface area contributed by atoms with Crippen LogP contribution in [0.1, 0.15) is 6.92 Å². The third-order valence-corrected chi connectivity index (χ3v) is 2.78. The van der Waals surface area contributed by atoms with Gasteiger partial charge in [0.05, 0.1) is 7.11 Å². The Morgan fingerprint density at radius 1 is 1.24 bits per heavy atom. The number of ether oxygens (including phenoxy) is 1. The molecular formula is C14H14N2O5. The van der Waals surface area contributed by atoms with E-state index in [9.17, 15) is 14.4 Å². The van der Waals surface area contributed by atoms with Gasteiger partial charge in [-0.25, -0.2) is 14.4 Å². The fourth-order valence-corrected chi connectivity index (χ4v) is 1.75. The Balaban J connectivity index is 2.09. The maximum atomic E-state index is 11.7. The number of urea groups is 1. The number of methoxy groups -OCH3 is 1. The van der Waals surface area contributed by atoms with Gasteiger partial charge in [0.2, 0.25) is 0 Å². The maximum Gasteiger partial charge on any atom is 0.336 e. The summed E-state index contributed by atoms with van der Waals surface area (Å²) in [5.74, 6) is -0.537. The molecule has 2 amide bonds. The van der Waals surface area contributed by atoms with Crippen molar-refractivity contribution in [3.8, 4) is 0 Å². The Hall–Kier alpha value is -2.83. The molecule has 0 saturated heterocycles. The predicted molar refractivity (Wildman–Crippen MR) is 76.1 cm³/mol. The Labute approximate surface area is 119 Å². The number of rotatable bonds is 3. The lowest BCUT2D eigenvalue weighted by atomic mass is 10.2. The summed E-state index contributed by atoms with van der Waals surface area (Å²) in [5.41, 5.74) is 0.496. The first-order chi connectivity index (χ1) is 9.99. The van der Waals surface area contributed by atoms with Crippen molar-refractivity contribution in [3.63, 3.8) is 0 Å². The van der Waals surface area contributed by atoms with E-state index < -0.39 is 23.7 Å². The molecule has 1 aromatic heterocycles. The van der Waals surface area contributed by atoms with Crippen molar-refractivity contribution in [1.82, 2.24) is 5.32 Å². The summed E-state index contributed by atoms with van der Waals surface area (Å²) in [6, 6.07) is 6.43. The first-order valence-corrected chi connectivity index (χ1v) is 6.19. The van der Waals surface area contributed by atoms with Gasteiger partial charge in [0.25, 0.3) is 0 Å². The van der Waals surface area contributed by atoms with Crippen LogP contribution in [0.2, 0.25) is 0 Å². The molecule has 0 spiro atoms. The largest absolute Gasteiger partial charge is 0.467 e. The number of esters is 1. The molecule has 1 atom stereocenters. The first kappa shape index (κ1) is 14.6. The fourth-order valence-electron chi connectivity index (χ4n) is 1.75. The highest BCUT2D eigenvalue weighted by Gasteiger charge is 2.15. The topological polar surface area (TPSA) is 97.6 Å². The molecule has 7 nitrogen and oxygen atoms in total. The molecule has 0 aliphatic heterocycles. The van der Waals surface area contributed by atoms with Crippen LogP contribution in [0.3, 0.4) is 0 Å². The summed E-state index contributed by atoms with van der Waals surface area (Å²) in [4.78, 5) is 34.0. The average Bonchev–Trinajstić information content (AvgIpc) is 2.46. The van der Waals surface area contributed by atoms with E-state index in [1.165, 1.54) is 20.1 Å². The average molecular weight is 290 g/mol. The van der Waals surface area contributed by atoms with Gasteiger partial charge >= 0.3 is 17.6 Å². The molecule has 1 unspecified atom stereocenters. The molecule has 2 aromatic rings. The second kappa shape index (κ2) is 6.08. The Morgan fingerprint density at radius 3 is 2.71 bits per heavy atom. The van der Waals surface area contributed by atoms with Gasteiger partial charge in [0.15, 0.2) is 0 Å². The zero-order valence-electron chi connectivity index (χ0n) is 11.5.